The number of aromatic nitrogens is 4. The predicted octanol–water partition coefficient (Wildman–Crippen LogP) is 2.79. The molecule has 34 heavy (non-hydrogen) atoms. The molecular weight excluding hydrogens is 432 g/mol. The Balaban J connectivity index is 1.23. The average Bonchev–Trinajstić information content (AvgIpc) is 3.33. The van der Waals surface area contributed by atoms with Gasteiger partial charge in [0.15, 0.2) is 11.5 Å². The molecule has 0 radical (unpaired) electrons. The molecule has 1 amide bonds. The Morgan fingerprint density at radius 1 is 0.941 bits per heavy atom. The summed E-state index contributed by atoms with van der Waals surface area (Å²) in [5.41, 5.74) is 2.36. The second kappa shape index (κ2) is 9.32. The fourth-order valence-corrected chi connectivity index (χ4v) is 4.95. The van der Waals surface area contributed by atoms with Gasteiger partial charge in [0.25, 0.3) is 0 Å². The van der Waals surface area contributed by atoms with Crippen LogP contribution < -0.4 is 14.4 Å². The zero-order chi connectivity index (χ0) is 23.7. The van der Waals surface area contributed by atoms with Gasteiger partial charge in [-0.1, -0.05) is 0 Å². The number of rotatable bonds is 5. The number of aryl methyl sites for hydroxylation is 1. The van der Waals surface area contributed by atoms with Crippen LogP contribution in [0.3, 0.4) is 0 Å². The smallest absolute Gasteiger partial charge is 0.226 e. The number of anilines is 1. The monoisotopic (exact) mass is 462 g/mol. The van der Waals surface area contributed by atoms with Gasteiger partial charge in [0.1, 0.15) is 23.8 Å². The van der Waals surface area contributed by atoms with Gasteiger partial charge >= 0.3 is 0 Å². The molecule has 5 rings (SSSR count). The van der Waals surface area contributed by atoms with Gasteiger partial charge in [-0.05, 0) is 49.4 Å². The number of methoxy groups -OCH3 is 2. The molecule has 4 heterocycles. The van der Waals surface area contributed by atoms with Gasteiger partial charge in [-0.15, -0.1) is 0 Å². The first-order valence-corrected chi connectivity index (χ1v) is 11.7. The lowest BCUT2D eigenvalue weighted by atomic mass is 9.92. The molecule has 0 bridgehead atoms. The van der Waals surface area contributed by atoms with Crippen LogP contribution in [0.1, 0.15) is 29.8 Å². The van der Waals surface area contributed by atoms with Gasteiger partial charge in [0.2, 0.25) is 5.91 Å². The zero-order valence-corrected chi connectivity index (χ0v) is 19.9. The summed E-state index contributed by atoms with van der Waals surface area (Å²) >= 11 is 0. The minimum atomic E-state index is 0.0372. The standard InChI is InChI=1S/C25H30N6O3/c1-17-26-7-11-31(17)24-14-23(27-16-28-24)29-8-4-18(5-9-29)25(32)30-10-6-19-12-21(33-2)22(34-3)13-20(19)15-30/h7,11-14,16,18H,4-6,8-10,15H2,1-3H3. The van der Waals surface area contributed by atoms with Crippen LogP contribution in [0.5, 0.6) is 11.5 Å². The normalized spacial score (nSPS) is 16.3. The lowest BCUT2D eigenvalue weighted by Gasteiger charge is -2.36. The first-order valence-electron chi connectivity index (χ1n) is 11.7. The maximum Gasteiger partial charge on any atom is 0.226 e. The van der Waals surface area contributed by atoms with E-state index in [9.17, 15) is 4.79 Å². The zero-order valence-electron chi connectivity index (χ0n) is 19.9. The van der Waals surface area contributed by atoms with Crippen LogP contribution in [0.15, 0.2) is 36.9 Å². The summed E-state index contributed by atoms with van der Waals surface area (Å²) in [5, 5.41) is 0. The van der Waals surface area contributed by atoms with E-state index < -0.39 is 0 Å². The summed E-state index contributed by atoms with van der Waals surface area (Å²) in [6, 6.07) is 6.03. The molecule has 9 nitrogen and oxygen atoms in total. The number of hydrogen-bond donors (Lipinski definition) is 0. The van der Waals surface area contributed by atoms with Crippen LogP contribution in [0.2, 0.25) is 0 Å². The molecule has 1 aromatic carbocycles. The second-order valence-electron chi connectivity index (χ2n) is 8.83. The minimum Gasteiger partial charge on any atom is -0.493 e. The van der Waals surface area contributed by atoms with Crippen LogP contribution >= 0.6 is 0 Å². The van der Waals surface area contributed by atoms with E-state index in [1.807, 2.05) is 40.8 Å². The van der Waals surface area contributed by atoms with Crippen LogP contribution in [0.25, 0.3) is 5.82 Å². The van der Waals surface area contributed by atoms with Crippen molar-refractivity contribution in [1.82, 2.24) is 24.4 Å². The molecule has 0 unspecified atom stereocenters. The Kier molecular flexibility index (Phi) is 6.08. The Morgan fingerprint density at radius 2 is 1.65 bits per heavy atom. The molecule has 0 atom stereocenters. The highest BCUT2D eigenvalue weighted by molar-refractivity contribution is 5.79. The van der Waals surface area contributed by atoms with E-state index in [1.165, 1.54) is 5.56 Å². The van der Waals surface area contributed by atoms with Crippen molar-refractivity contribution in [2.75, 3.05) is 38.8 Å². The molecular formula is C25H30N6O3. The van der Waals surface area contributed by atoms with Crippen molar-refractivity contribution in [3.63, 3.8) is 0 Å². The number of nitrogens with zero attached hydrogens (tertiary/aromatic N) is 6. The van der Waals surface area contributed by atoms with Crippen molar-refractivity contribution in [3.8, 4) is 17.3 Å². The number of carbonyl (C=O) groups excluding carboxylic acids is 1. The molecule has 3 aromatic rings. The van der Waals surface area contributed by atoms with Crippen LogP contribution in [0.4, 0.5) is 5.82 Å². The van der Waals surface area contributed by atoms with E-state index in [-0.39, 0.29) is 11.8 Å². The molecule has 2 aliphatic heterocycles. The fourth-order valence-electron chi connectivity index (χ4n) is 4.95. The molecule has 2 aromatic heterocycles. The van der Waals surface area contributed by atoms with Gasteiger partial charge < -0.3 is 19.3 Å². The lowest BCUT2D eigenvalue weighted by Crippen LogP contribution is -2.44. The molecule has 1 saturated heterocycles. The number of imidazole rings is 1. The molecule has 9 heteroatoms. The molecule has 0 aliphatic carbocycles. The maximum atomic E-state index is 13.3. The van der Waals surface area contributed by atoms with Gasteiger partial charge in [0, 0.05) is 50.6 Å². The second-order valence-corrected chi connectivity index (χ2v) is 8.83. The molecule has 0 saturated carbocycles. The van der Waals surface area contributed by atoms with Gasteiger partial charge in [-0.3, -0.25) is 9.36 Å². The van der Waals surface area contributed by atoms with E-state index >= 15 is 0 Å². The van der Waals surface area contributed by atoms with Crippen LogP contribution in [0, 0.1) is 12.8 Å². The van der Waals surface area contributed by atoms with Crippen LogP contribution in [-0.4, -0.2) is 64.2 Å². The van der Waals surface area contributed by atoms with E-state index in [0.29, 0.717) is 12.3 Å². The number of carbonyl (C=O) groups is 1. The van der Waals surface area contributed by atoms with E-state index in [1.54, 1.807) is 26.7 Å². The summed E-state index contributed by atoms with van der Waals surface area (Å²) in [7, 11) is 3.29. The third-order valence-corrected chi connectivity index (χ3v) is 6.91. The first-order chi connectivity index (χ1) is 16.6. The Morgan fingerprint density at radius 3 is 2.32 bits per heavy atom. The molecule has 2 aliphatic rings. The summed E-state index contributed by atoms with van der Waals surface area (Å²) < 4.78 is 12.8. The number of fused-ring (bicyclic) bond motifs is 1. The lowest BCUT2D eigenvalue weighted by molar-refractivity contribution is -0.137. The third kappa shape index (κ3) is 4.18. The maximum absolute atomic E-state index is 13.3. The summed E-state index contributed by atoms with van der Waals surface area (Å²) in [6.07, 6.45) is 7.72. The Bertz CT molecular complexity index is 1190. The van der Waals surface area contributed by atoms with Crippen molar-refractivity contribution in [3.05, 3.63) is 53.9 Å². The molecule has 178 valence electrons. The summed E-state index contributed by atoms with van der Waals surface area (Å²) in [6.45, 7) is 4.90. The first kappa shape index (κ1) is 22.2. The quantitative estimate of drug-likeness (QED) is 0.576. The number of benzene rings is 1. The highest BCUT2D eigenvalue weighted by Gasteiger charge is 2.31. The van der Waals surface area contributed by atoms with E-state index in [0.717, 1.165) is 67.7 Å². The molecule has 0 N–H and O–H groups in total. The highest BCUT2D eigenvalue weighted by Crippen LogP contribution is 2.34. The van der Waals surface area contributed by atoms with Crippen molar-refractivity contribution >= 4 is 11.7 Å². The largest absolute Gasteiger partial charge is 0.493 e. The Labute approximate surface area is 199 Å². The molecule has 0 spiro atoms. The predicted molar refractivity (Wildman–Crippen MR) is 127 cm³/mol. The minimum absolute atomic E-state index is 0.0372. The summed E-state index contributed by atoms with van der Waals surface area (Å²) in [4.78, 5) is 30.7. The van der Waals surface area contributed by atoms with Gasteiger partial charge in [-0.25, -0.2) is 15.0 Å². The van der Waals surface area contributed by atoms with Crippen LogP contribution in [-0.2, 0) is 17.8 Å². The van der Waals surface area contributed by atoms with Crippen molar-refractivity contribution in [2.45, 2.75) is 32.7 Å². The number of ether oxygens (including phenoxy) is 2. The topological polar surface area (TPSA) is 85.6 Å². The van der Waals surface area contributed by atoms with Gasteiger partial charge in [-0.2, -0.15) is 0 Å². The van der Waals surface area contributed by atoms with E-state index in [2.05, 4.69) is 19.9 Å². The number of amides is 1. The van der Waals surface area contributed by atoms with Gasteiger partial charge in [0.05, 0.1) is 14.2 Å². The number of hydrogen-bond acceptors (Lipinski definition) is 7. The SMILES string of the molecule is COc1cc2c(cc1OC)CN(C(=O)C1CCN(c3cc(-n4ccnc4C)ncn3)CC1)CC2. The fraction of sp³-hybridized carbons (Fsp3) is 0.440. The van der Waals surface area contributed by atoms with Crippen molar-refractivity contribution in [1.29, 1.82) is 0 Å². The molecule has 1 fully saturated rings. The Hall–Kier alpha value is -3.62. The number of piperidine rings is 1. The highest BCUT2D eigenvalue weighted by atomic mass is 16.5. The third-order valence-electron chi connectivity index (χ3n) is 6.91. The average molecular weight is 463 g/mol. The van der Waals surface area contributed by atoms with E-state index in [4.69, 9.17) is 9.47 Å². The van der Waals surface area contributed by atoms with Crippen molar-refractivity contribution in [2.24, 2.45) is 5.92 Å². The van der Waals surface area contributed by atoms with Crippen molar-refractivity contribution < 1.29 is 14.3 Å². The summed E-state index contributed by atoms with van der Waals surface area (Å²) in [5.74, 6) is 4.30.